The van der Waals surface area contributed by atoms with Crippen molar-refractivity contribution in [2.75, 3.05) is 26.3 Å². The van der Waals surface area contributed by atoms with Gasteiger partial charge in [-0.15, -0.1) is 0 Å². The number of ether oxygens (including phenoxy) is 2. The minimum absolute atomic E-state index is 0.286. The van der Waals surface area contributed by atoms with Gasteiger partial charge in [0.15, 0.2) is 0 Å². The third kappa shape index (κ3) is 3.25. The van der Waals surface area contributed by atoms with Crippen molar-refractivity contribution in [2.24, 2.45) is 0 Å². The second-order valence-corrected chi connectivity index (χ2v) is 4.84. The Hall–Kier alpha value is -1.58. The molecule has 1 N–H and O–H groups in total. The maximum atomic E-state index is 5.81. The van der Waals surface area contributed by atoms with Gasteiger partial charge in [0.05, 0.1) is 19.3 Å². The van der Waals surface area contributed by atoms with E-state index in [0.29, 0.717) is 6.61 Å². The molecule has 2 aromatic carbocycles. The fraction of sp³-hybridized carbons (Fsp3) is 0.375. The second kappa shape index (κ2) is 6.04. The highest BCUT2D eigenvalue weighted by molar-refractivity contribution is 5.83. The summed E-state index contributed by atoms with van der Waals surface area (Å²) in [6.07, 6.45) is 1.22. The zero-order valence-corrected chi connectivity index (χ0v) is 11.0. The summed E-state index contributed by atoms with van der Waals surface area (Å²) in [5, 5.41) is 5.79. The van der Waals surface area contributed by atoms with E-state index in [4.69, 9.17) is 9.47 Å². The van der Waals surface area contributed by atoms with Gasteiger partial charge >= 0.3 is 0 Å². The van der Waals surface area contributed by atoms with E-state index in [9.17, 15) is 0 Å². The van der Waals surface area contributed by atoms with Crippen molar-refractivity contribution in [3.63, 3.8) is 0 Å². The number of benzene rings is 2. The summed E-state index contributed by atoms with van der Waals surface area (Å²) in [7, 11) is 0. The zero-order chi connectivity index (χ0) is 12.9. The first-order chi connectivity index (χ1) is 9.42. The number of morpholine rings is 1. The Morgan fingerprint density at radius 3 is 2.89 bits per heavy atom. The summed E-state index contributed by atoms with van der Waals surface area (Å²) in [4.78, 5) is 0. The first-order valence-electron chi connectivity index (χ1n) is 6.86. The minimum Gasteiger partial charge on any atom is -0.493 e. The van der Waals surface area contributed by atoms with Crippen molar-refractivity contribution in [1.29, 1.82) is 0 Å². The molecule has 3 nitrogen and oxygen atoms in total. The molecule has 3 rings (SSSR count). The Morgan fingerprint density at radius 1 is 1.16 bits per heavy atom. The summed E-state index contributed by atoms with van der Waals surface area (Å²) in [5.74, 6) is 0.933. The fourth-order valence-electron chi connectivity index (χ4n) is 2.37. The number of nitrogens with one attached hydrogen (secondary N) is 1. The number of hydrogen-bond donors (Lipinski definition) is 1. The van der Waals surface area contributed by atoms with Crippen LogP contribution in [0.4, 0.5) is 0 Å². The summed E-state index contributed by atoms with van der Waals surface area (Å²) >= 11 is 0. The first-order valence-corrected chi connectivity index (χ1v) is 6.86. The van der Waals surface area contributed by atoms with Crippen LogP contribution in [0.2, 0.25) is 0 Å². The predicted molar refractivity (Wildman–Crippen MR) is 76.7 cm³/mol. The van der Waals surface area contributed by atoms with Gasteiger partial charge in [0.1, 0.15) is 5.75 Å². The predicted octanol–water partition coefficient (Wildman–Crippen LogP) is 2.60. The lowest BCUT2D eigenvalue weighted by molar-refractivity contribution is 0.0159. The Kier molecular flexibility index (Phi) is 3.96. The molecular weight excluding hydrogens is 238 g/mol. The smallest absolute Gasteiger partial charge is 0.119 e. The lowest BCUT2D eigenvalue weighted by Crippen LogP contribution is -2.39. The van der Waals surface area contributed by atoms with Crippen LogP contribution in [-0.4, -0.2) is 32.4 Å². The van der Waals surface area contributed by atoms with Crippen LogP contribution in [-0.2, 0) is 4.74 Å². The molecule has 19 heavy (non-hydrogen) atoms. The van der Waals surface area contributed by atoms with Crippen molar-refractivity contribution in [3.8, 4) is 5.75 Å². The molecule has 1 saturated heterocycles. The Labute approximate surface area is 113 Å². The number of hydrogen-bond acceptors (Lipinski definition) is 3. The van der Waals surface area contributed by atoms with Gasteiger partial charge in [-0.2, -0.15) is 0 Å². The number of fused-ring (bicyclic) bond motifs is 1. The normalized spacial score (nSPS) is 19.5. The molecule has 1 fully saturated rings. The van der Waals surface area contributed by atoms with E-state index in [0.717, 1.165) is 31.9 Å². The summed E-state index contributed by atoms with van der Waals surface area (Å²) in [5.41, 5.74) is 0. The van der Waals surface area contributed by atoms with Crippen LogP contribution < -0.4 is 10.1 Å². The molecule has 0 bridgehead atoms. The molecule has 1 atom stereocenters. The lowest BCUT2D eigenvalue weighted by Gasteiger charge is -2.23. The molecule has 1 unspecified atom stereocenters. The largest absolute Gasteiger partial charge is 0.493 e. The molecule has 0 spiro atoms. The van der Waals surface area contributed by atoms with Gasteiger partial charge in [-0.3, -0.25) is 0 Å². The quantitative estimate of drug-likeness (QED) is 0.913. The minimum atomic E-state index is 0.286. The highest BCUT2D eigenvalue weighted by atomic mass is 16.5. The van der Waals surface area contributed by atoms with E-state index in [1.54, 1.807) is 0 Å². The highest BCUT2D eigenvalue weighted by Crippen LogP contribution is 2.20. The van der Waals surface area contributed by atoms with Crippen molar-refractivity contribution in [3.05, 3.63) is 42.5 Å². The molecule has 1 aliphatic heterocycles. The third-order valence-electron chi connectivity index (χ3n) is 3.43. The molecule has 3 heteroatoms. The van der Waals surface area contributed by atoms with E-state index in [1.807, 2.05) is 12.1 Å². The van der Waals surface area contributed by atoms with Gasteiger partial charge in [-0.05, 0) is 22.9 Å². The molecule has 0 saturated carbocycles. The van der Waals surface area contributed by atoms with E-state index in [-0.39, 0.29) is 6.10 Å². The van der Waals surface area contributed by atoms with Gasteiger partial charge < -0.3 is 14.8 Å². The van der Waals surface area contributed by atoms with Crippen molar-refractivity contribution in [1.82, 2.24) is 5.32 Å². The maximum absolute atomic E-state index is 5.81. The molecule has 100 valence electrons. The molecular formula is C16H19NO2. The summed E-state index contributed by atoms with van der Waals surface area (Å²) < 4.78 is 11.5. The molecule has 0 amide bonds. The molecule has 1 aliphatic rings. The Morgan fingerprint density at radius 2 is 2.05 bits per heavy atom. The monoisotopic (exact) mass is 257 g/mol. The van der Waals surface area contributed by atoms with Crippen LogP contribution in [0.1, 0.15) is 6.42 Å². The van der Waals surface area contributed by atoms with Crippen LogP contribution in [0.5, 0.6) is 5.75 Å². The van der Waals surface area contributed by atoms with Crippen LogP contribution in [0.25, 0.3) is 10.8 Å². The molecule has 0 aromatic heterocycles. The molecule has 0 aliphatic carbocycles. The van der Waals surface area contributed by atoms with Crippen molar-refractivity contribution >= 4 is 10.8 Å². The van der Waals surface area contributed by atoms with Crippen molar-refractivity contribution in [2.45, 2.75) is 12.5 Å². The zero-order valence-electron chi connectivity index (χ0n) is 11.0. The highest BCUT2D eigenvalue weighted by Gasteiger charge is 2.12. The topological polar surface area (TPSA) is 30.5 Å². The molecule has 0 radical (unpaired) electrons. The maximum Gasteiger partial charge on any atom is 0.119 e. The fourth-order valence-corrected chi connectivity index (χ4v) is 2.37. The second-order valence-electron chi connectivity index (χ2n) is 4.84. The standard InChI is InChI=1S/C16H19NO2/c1-2-4-14-11-15(6-5-13(14)3-1)18-9-7-16-12-17-8-10-19-16/h1-6,11,16-17H,7-10,12H2. The van der Waals surface area contributed by atoms with Crippen LogP contribution in [0.15, 0.2) is 42.5 Å². The summed E-state index contributed by atoms with van der Waals surface area (Å²) in [6.45, 7) is 3.40. The average Bonchev–Trinajstić information content (AvgIpc) is 2.48. The Balaban J connectivity index is 1.56. The third-order valence-corrected chi connectivity index (χ3v) is 3.43. The van der Waals surface area contributed by atoms with E-state index in [2.05, 4.69) is 35.6 Å². The van der Waals surface area contributed by atoms with Crippen molar-refractivity contribution < 1.29 is 9.47 Å². The van der Waals surface area contributed by atoms with E-state index in [1.165, 1.54) is 10.8 Å². The van der Waals surface area contributed by atoms with Gasteiger partial charge in [-0.25, -0.2) is 0 Å². The van der Waals surface area contributed by atoms with Crippen LogP contribution in [0.3, 0.4) is 0 Å². The first kappa shape index (κ1) is 12.5. The summed E-state index contributed by atoms with van der Waals surface area (Å²) in [6, 6.07) is 14.5. The van der Waals surface area contributed by atoms with Crippen LogP contribution >= 0.6 is 0 Å². The average molecular weight is 257 g/mol. The SMILES string of the molecule is c1ccc2cc(OCCC3CNCCO3)ccc2c1. The molecule has 1 heterocycles. The van der Waals surface area contributed by atoms with Crippen LogP contribution in [0, 0.1) is 0 Å². The Bertz CT molecular complexity index is 535. The van der Waals surface area contributed by atoms with Gasteiger partial charge in [0.25, 0.3) is 0 Å². The van der Waals surface area contributed by atoms with E-state index >= 15 is 0 Å². The van der Waals surface area contributed by atoms with Gasteiger partial charge in [0.2, 0.25) is 0 Å². The van der Waals surface area contributed by atoms with Gasteiger partial charge in [0, 0.05) is 19.5 Å². The van der Waals surface area contributed by atoms with E-state index < -0.39 is 0 Å². The lowest BCUT2D eigenvalue weighted by atomic mass is 10.1. The van der Waals surface area contributed by atoms with Gasteiger partial charge in [-0.1, -0.05) is 30.3 Å². The number of rotatable bonds is 4. The molecule has 2 aromatic rings.